The number of carbonyl (C=O) groups is 1. The minimum atomic E-state index is -2.93. The molecular formula is C10H19NO4S. The molecule has 0 aromatic carbocycles. The lowest BCUT2D eigenvalue weighted by Gasteiger charge is -2.25. The first-order valence-electron chi connectivity index (χ1n) is 5.57. The van der Waals surface area contributed by atoms with Gasteiger partial charge in [0.15, 0.2) is 9.84 Å². The van der Waals surface area contributed by atoms with Crippen LogP contribution in [0.5, 0.6) is 0 Å². The normalized spacial score (nSPS) is 26.0. The molecule has 0 spiro atoms. The summed E-state index contributed by atoms with van der Waals surface area (Å²) in [6.07, 6.45) is 1.46. The summed E-state index contributed by atoms with van der Waals surface area (Å²) in [5, 5.41) is 3.01. The van der Waals surface area contributed by atoms with Gasteiger partial charge in [-0.25, -0.2) is 8.42 Å². The first kappa shape index (κ1) is 13.4. The first-order chi connectivity index (χ1) is 7.44. The summed E-state index contributed by atoms with van der Waals surface area (Å²) >= 11 is 0. The Bertz CT molecular complexity index is 339. The molecule has 0 radical (unpaired) electrons. The lowest BCUT2D eigenvalue weighted by Crippen LogP contribution is -2.47. The topological polar surface area (TPSA) is 72.5 Å². The lowest BCUT2D eigenvalue weighted by molar-refractivity contribution is -0.145. The van der Waals surface area contributed by atoms with Gasteiger partial charge in [-0.3, -0.25) is 4.79 Å². The quantitative estimate of drug-likeness (QED) is 0.716. The number of sulfone groups is 1. The Morgan fingerprint density at radius 1 is 1.56 bits per heavy atom. The summed E-state index contributed by atoms with van der Waals surface area (Å²) in [5.74, 6) is 0.0564. The maximum absolute atomic E-state index is 11.4. The number of esters is 1. The Morgan fingerprint density at radius 2 is 2.25 bits per heavy atom. The molecule has 16 heavy (non-hydrogen) atoms. The van der Waals surface area contributed by atoms with Gasteiger partial charge < -0.3 is 10.1 Å². The molecule has 1 heterocycles. The highest BCUT2D eigenvalue weighted by Gasteiger charge is 2.27. The van der Waals surface area contributed by atoms with Crippen LogP contribution in [0.25, 0.3) is 0 Å². The Morgan fingerprint density at radius 3 is 2.81 bits per heavy atom. The van der Waals surface area contributed by atoms with Crippen molar-refractivity contribution in [3.8, 4) is 0 Å². The summed E-state index contributed by atoms with van der Waals surface area (Å²) in [6, 6.07) is -0.573. The lowest BCUT2D eigenvalue weighted by atomic mass is 10.1. The minimum absolute atomic E-state index is 0.122. The van der Waals surface area contributed by atoms with Gasteiger partial charge in [0, 0.05) is 6.04 Å². The van der Waals surface area contributed by atoms with Gasteiger partial charge in [-0.15, -0.1) is 0 Å². The number of rotatable bonds is 4. The zero-order chi connectivity index (χ0) is 12.2. The van der Waals surface area contributed by atoms with Gasteiger partial charge >= 0.3 is 5.97 Å². The molecule has 1 aliphatic heterocycles. The van der Waals surface area contributed by atoms with Crippen molar-refractivity contribution in [1.82, 2.24) is 5.32 Å². The molecule has 0 bridgehead atoms. The second-order valence-corrected chi connectivity index (χ2v) is 6.32. The summed E-state index contributed by atoms with van der Waals surface area (Å²) in [6.45, 7) is 3.78. The summed E-state index contributed by atoms with van der Waals surface area (Å²) in [4.78, 5) is 11.3. The molecule has 1 N–H and O–H groups in total. The number of carbonyl (C=O) groups excluding carboxylic acids is 1. The predicted octanol–water partition coefficient (Wildman–Crippen LogP) is 0.105. The van der Waals surface area contributed by atoms with Crippen LogP contribution in [0.2, 0.25) is 0 Å². The van der Waals surface area contributed by atoms with E-state index in [1.165, 1.54) is 0 Å². The van der Waals surface area contributed by atoms with Crippen molar-refractivity contribution in [2.75, 3.05) is 18.1 Å². The third-order valence-corrected chi connectivity index (χ3v) is 4.41. The highest BCUT2D eigenvalue weighted by molar-refractivity contribution is 7.91. The van der Waals surface area contributed by atoms with Gasteiger partial charge in [-0.05, 0) is 26.7 Å². The van der Waals surface area contributed by atoms with E-state index in [9.17, 15) is 13.2 Å². The average Bonchev–Trinajstić information content (AvgIpc) is 2.16. The van der Waals surface area contributed by atoms with Gasteiger partial charge in [0.25, 0.3) is 0 Å². The smallest absolute Gasteiger partial charge is 0.322 e. The molecule has 94 valence electrons. The highest BCUT2D eigenvalue weighted by atomic mass is 32.2. The minimum Gasteiger partial charge on any atom is -0.465 e. The molecule has 0 amide bonds. The fraction of sp³-hybridized carbons (Fsp3) is 0.900. The molecule has 1 rings (SSSR count). The Kier molecular flexibility index (Phi) is 4.73. The van der Waals surface area contributed by atoms with Crippen LogP contribution in [0.4, 0.5) is 0 Å². The second kappa shape index (κ2) is 5.63. The van der Waals surface area contributed by atoms with Gasteiger partial charge in [0.2, 0.25) is 0 Å². The third kappa shape index (κ3) is 4.09. The Hall–Kier alpha value is -0.620. The van der Waals surface area contributed by atoms with Crippen LogP contribution >= 0.6 is 0 Å². The van der Waals surface area contributed by atoms with E-state index in [2.05, 4.69) is 5.32 Å². The predicted molar refractivity (Wildman–Crippen MR) is 60.9 cm³/mol. The second-order valence-electron chi connectivity index (χ2n) is 4.09. The van der Waals surface area contributed by atoms with Gasteiger partial charge in [-0.2, -0.15) is 0 Å². The van der Waals surface area contributed by atoms with Crippen LogP contribution in [-0.4, -0.2) is 44.6 Å². The molecule has 0 aliphatic carbocycles. The molecular weight excluding hydrogens is 230 g/mol. The van der Waals surface area contributed by atoms with Crippen molar-refractivity contribution >= 4 is 15.8 Å². The van der Waals surface area contributed by atoms with E-state index in [1.807, 2.05) is 0 Å². The fourth-order valence-electron chi connectivity index (χ4n) is 1.84. The van der Waals surface area contributed by atoms with E-state index in [4.69, 9.17) is 4.74 Å². The molecule has 1 aliphatic rings. The summed E-state index contributed by atoms with van der Waals surface area (Å²) in [5.41, 5.74) is 0. The monoisotopic (exact) mass is 249 g/mol. The third-order valence-electron chi connectivity index (χ3n) is 2.59. The molecule has 2 atom stereocenters. The Labute approximate surface area is 96.5 Å². The van der Waals surface area contributed by atoms with E-state index in [1.54, 1.807) is 13.8 Å². The SMILES string of the molecule is CCOC(=O)C(C)NC1CCCS(=O)(=O)C1. The largest absolute Gasteiger partial charge is 0.465 e. The number of ether oxygens (including phenoxy) is 1. The number of hydrogen-bond acceptors (Lipinski definition) is 5. The molecule has 0 saturated carbocycles. The van der Waals surface area contributed by atoms with Crippen LogP contribution in [0.1, 0.15) is 26.7 Å². The van der Waals surface area contributed by atoms with Crippen molar-refractivity contribution in [3.63, 3.8) is 0 Å². The van der Waals surface area contributed by atoms with Gasteiger partial charge in [-0.1, -0.05) is 0 Å². The molecule has 0 aromatic rings. The molecule has 2 unspecified atom stereocenters. The first-order valence-corrected chi connectivity index (χ1v) is 7.40. The molecule has 1 saturated heterocycles. The summed E-state index contributed by atoms with van der Waals surface area (Å²) < 4.78 is 27.6. The van der Waals surface area contributed by atoms with Crippen molar-refractivity contribution in [3.05, 3.63) is 0 Å². The van der Waals surface area contributed by atoms with Crippen molar-refractivity contribution in [1.29, 1.82) is 0 Å². The van der Waals surface area contributed by atoms with Crippen LogP contribution in [0.3, 0.4) is 0 Å². The van der Waals surface area contributed by atoms with Crippen LogP contribution in [0, 0.1) is 0 Å². The number of hydrogen-bond donors (Lipinski definition) is 1. The van der Waals surface area contributed by atoms with Gasteiger partial charge in [0.1, 0.15) is 6.04 Å². The maximum atomic E-state index is 11.4. The van der Waals surface area contributed by atoms with E-state index in [-0.39, 0.29) is 23.5 Å². The summed E-state index contributed by atoms with van der Waals surface area (Å²) in [7, 11) is -2.93. The van der Waals surface area contributed by atoms with E-state index < -0.39 is 15.9 Å². The van der Waals surface area contributed by atoms with Crippen molar-refractivity contribution < 1.29 is 17.9 Å². The standard InChI is InChI=1S/C10H19NO4S/c1-3-15-10(12)8(2)11-9-5-4-6-16(13,14)7-9/h8-9,11H,3-7H2,1-2H3. The van der Waals surface area contributed by atoms with Crippen molar-refractivity contribution in [2.45, 2.75) is 38.8 Å². The van der Waals surface area contributed by atoms with Crippen molar-refractivity contribution in [2.24, 2.45) is 0 Å². The zero-order valence-electron chi connectivity index (χ0n) is 9.73. The zero-order valence-corrected chi connectivity index (χ0v) is 10.5. The van der Waals surface area contributed by atoms with Crippen LogP contribution < -0.4 is 5.32 Å². The van der Waals surface area contributed by atoms with E-state index in [0.29, 0.717) is 13.0 Å². The van der Waals surface area contributed by atoms with E-state index in [0.717, 1.165) is 6.42 Å². The van der Waals surface area contributed by atoms with Crippen LogP contribution in [0.15, 0.2) is 0 Å². The highest BCUT2D eigenvalue weighted by Crippen LogP contribution is 2.12. The fourth-order valence-corrected chi connectivity index (χ4v) is 3.49. The molecule has 6 heteroatoms. The molecule has 5 nitrogen and oxygen atoms in total. The average molecular weight is 249 g/mol. The number of nitrogens with one attached hydrogen (secondary N) is 1. The van der Waals surface area contributed by atoms with Gasteiger partial charge in [0.05, 0.1) is 18.1 Å². The van der Waals surface area contributed by atoms with Crippen LogP contribution in [-0.2, 0) is 19.4 Å². The van der Waals surface area contributed by atoms with E-state index >= 15 is 0 Å². The molecule has 1 fully saturated rings. The Balaban J connectivity index is 2.45. The molecule has 0 aromatic heterocycles. The maximum Gasteiger partial charge on any atom is 0.322 e.